The lowest BCUT2D eigenvalue weighted by Crippen LogP contribution is -2.03. The van der Waals surface area contributed by atoms with Crippen LogP contribution in [0.3, 0.4) is 0 Å². The highest BCUT2D eigenvalue weighted by Crippen LogP contribution is 2.24. The van der Waals surface area contributed by atoms with Crippen molar-refractivity contribution in [3.63, 3.8) is 0 Å². The van der Waals surface area contributed by atoms with Gasteiger partial charge in [-0.1, -0.05) is 6.07 Å². The van der Waals surface area contributed by atoms with E-state index in [4.69, 9.17) is 10.5 Å². The Morgan fingerprint density at radius 2 is 2.00 bits per heavy atom. The van der Waals surface area contributed by atoms with Crippen LogP contribution in [0.25, 0.3) is 0 Å². The van der Waals surface area contributed by atoms with Crippen LogP contribution in [0.4, 0.5) is 4.39 Å². The van der Waals surface area contributed by atoms with E-state index >= 15 is 0 Å². The molecule has 0 saturated carbocycles. The minimum atomic E-state index is -0.393. The SMILES string of the molecule is NCc1c(F)cccc1Oc1ncc(I)cn1. The van der Waals surface area contributed by atoms with Crippen LogP contribution in [0.5, 0.6) is 11.8 Å². The summed E-state index contributed by atoms with van der Waals surface area (Å²) in [5.74, 6) is -0.0516. The molecule has 0 amide bonds. The van der Waals surface area contributed by atoms with Crippen molar-refractivity contribution in [2.45, 2.75) is 6.54 Å². The summed E-state index contributed by atoms with van der Waals surface area (Å²) in [7, 11) is 0. The lowest BCUT2D eigenvalue weighted by molar-refractivity contribution is 0.430. The Morgan fingerprint density at radius 1 is 1.29 bits per heavy atom. The molecule has 2 aromatic rings. The predicted octanol–water partition coefficient (Wildman–Crippen LogP) is 2.47. The topological polar surface area (TPSA) is 61.0 Å². The number of hydrogen-bond donors (Lipinski definition) is 1. The molecule has 0 radical (unpaired) electrons. The molecule has 6 heteroatoms. The minimum absolute atomic E-state index is 0.0619. The second kappa shape index (κ2) is 5.37. The third-order valence-corrected chi connectivity index (χ3v) is 2.63. The number of nitrogens with two attached hydrogens (primary N) is 1. The first kappa shape index (κ1) is 12.2. The Balaban J connectivity index is 2.29. The molecule has 1 aromatic heterocycles. The van der Waals surface area contributed by atoms with Gasteiger partial charge >= 0.3 is 6.01 Å². The van der Waals surface area contributed by atoms with E-state index in [1.165, 1.54) is 6.07 Å². The van der Waals surface area contributed by atoms with Gasteiger partial charge in [0.1, 0.15) is 11.6 Å². The van der Waals surface area contributed by atoms with E-state index in [0.717, 1.165) is 3.57 Å². The lowest BCUT2D eigenvalue weighted by Gasteiger charge is -2.08. The Labute approximate surface area is 111 Å². The summed E-state index contributed by atoms with van der Waals surface area (Å²) in [6, 6.07) is 4.69. The normalized spacial score (nSPS) is 10.3. The Hall–Kier alpha value is -1.28. The van der Waals surface area contributed by atoms with Crippen LogP contribution >= 0.6 is 22.6 Å². The van der Waals surface area contributed by atoms with Crippen LogP contribution in [0, 0.1) is 9.39 Å². The first-order valence-corrected chi connectivity index (χ1v) is 5.91. The van der Waals surface area contributed by atoms with Crippen molar-refractivity contribution < 1.29 is 9.13 Å². The fourth-order valence-corrected chi connectivity index (χ4v) is 1.56. The summed E-state index contributed by atoms with van der Waals surface area (Å²) in [4.78, 5) is 7.95. The molecule has 0 saturated heterocycles. The molecule has 0 atom stereocenters. The quantitative estimate of drug-likeness (QED) is 0.869. The first-order chi connectivity index (χ1) is 8.20. The van der Waals surface area contributed by atoms with Crippen molar-refractivity contribution in [3.05, 3.63) is 45.5 Å². The summed E-state index contributed by atoms with van der Waals surface area (Å²) >= 11 is 2.09. The zero-order chi connectivity index (χ0) is 12.3. The molecule has 0 bridgehead atoms. The number of benzene rings is 1. The fraction of sp³-hybridized carbons (Fsp3) is 0.0909. The van der Waals surface area contributed by atoms with Crippen LogP contribution < -0.4 is 10.5 Å². The molecule has 0 fully saturated rings. The second-order valence-corrected chi connectivity index (χ2v) is 4.45. The number of hydrogen-bond acceptors (Lipinski definition) is 4. The maximum absolute atomic E-state index is 13.4. The summed E-state index contributed by atoms with van der Waals surface area (Å²) in [5.41, 5.74) is 5.78. The molecule has 1 heterocycles. The Bertz CT molecular complexity index is 519. The number of halogens is 2. The van der Waals surface area contributed by atoms with E-state index in [2.05, 4.69) is 32.6 Å². The smallest absolute Gasteiger partial charge is 0.321 e. The van der Waals surface area contributed by atoms with E-state index in [1.807, 2.05) is 0 Å². The van der Waals surface area contributed by atoms with Gasteiger partial charge < -0.3 is 10.5 Å². The zero-order valence-corrected chi connectivity index (χ0v) is 10.9. The van der Waals surface area contributed by atoms with Crippen molar-refractivity contribution in [2.75, 3.05) is 0 Å². The standard InChI is InChI=1S/C11H9FIN3O/c12-9-2-1-3-10(8(9)4-14)17-11-15-5-7(13)6-16-11/h1-3,5-6H,4,14H2. The molecule has 0 aliphatic heterocycles. The van der Waals surface area contributed by atoms with E-state index in [9.17, 15) is 4.39 Å². The average Bonchev–Trinajstić information content (AvgIpc) is 2.32. The van der Waals surface area contributed by atoms with Crippen LogP contribution in [-0.2, 0) is 6.54 Å². The molecule has 0 spiro atoms. The highest BCUT2D eigenvalue weighted by Gasteiger charge is 2.09. The lowest BCUT2D eigenvalue weighted by atomic mass is 10.2. The van der Waals surface area contributed by atoms with Gasteiger partial charge in [0.05, 0.1) is 0 Å². The average molecular weight is 345 g/mol. The van der Waals surface area contributed by atoms with Crippen LogP contribution in [0.2, 0.25) is 0 Å². The van der Waals surface area contributed by atoms with Crippen molar-refractivity contribution in [3.8, 4) is 11.8 Å². The first-order valence-electron chi connectivity index (χ1n) is 4.83. The van der Waals surface area contributed by atoms with Crippen LogP contribution in [0.1, 0.15) is 5.56 Å². The van der Waals surface area contributed by atoms with Crippen LogP contribution in [-0.4, -0.2) is 9.97 Å². The molecule has 0 aliphatic rings. The van der Waals surface area contributed by atoms with Gasteiger partial charge in [0, 0.05) is 28.1 Å². The van der Waals surface area contributed by atoms with Crippen molar-refractivity contribution in [2.24, 2.45) is 5.73 Å². The van der Waals surface area contributed by atoms with E-state index < -0.39 is 5.82 Å². The molecule has 88 valence electrons. The molecule has 2 rings (SSSR count). The Morgan fingerprint density at radius 3 is 2.65 bits per heavy atom. The molecule has 17 heavy (non-hydrogen) atoms. The van der Waals surface area contributed by atoms with Crippen molar-refractivity contribution in [1.29, 1.82) is 0 Å². The van der Waals surface area contributed by atoms with Gasteiger partial charge in [0.2, 0.25) is 0 Å². The number of aromatic nitrogens is 2. The summed E-state index contributed by atoms with van der Waals surface area (Å²) < 4.78 is 19.7. The van der Waals surface area contributed by atoms with Gasteiger partial charge in [0.25, 0.3) is 0 Å². The zero-order valence-electron chi connectivity index (χ0n) is 8.73. The van der Waals surface area contributed by atoms with E-state index in [-0.39, 0.29) is 12.6 Å². The fourth-order valence-electron chi connectivity index (χ4n) is 1.28. The molecule has 0 unspecified atom stereocenters. The van der Waals surface area contributed by atoms with Gasteiger partial charge in [-0.25, -0.2) is 14.4 Å². The van der Waals surface area contributed by atoms with Gasteiger partial charge in [-0.15, -0.1) is 0 Å². The van der Waals surface area contributed by atoms with Gasteiger partial charge in [-0.2, -0.15) is 0 Å². The van der Waals surface area contributed by atoms with Gasteiger partial charge in [-0.3, -0.25) is 0 Å². The highest BCUT2D eigenvalue weighted by atomic mass is 127. The molecular weight excluding hydrogens is 336 g/mol. The van der Waals surface area contributed by atoms with Crippen molar-refractivity contribution >= 4 is 22.6 Å². The third-order valence-electron chi connectivity index (χ3n) is 2.08. The third kappa shape index (κ3) is 2.89. The summed E-state index contributed by atoms with van der Waals surface area (Å²) in [6.45, 7) is 0.0619. The van der Waals surface area contributed by atoms with Crippen molar-refractivity contribution in [1.82, 2.24) is 9.97 Å². The maximum atomic E-state index is 13.4. The molecular formula is C11H9FIN3O. The van der Waals surface area contributed by atoms with Crippen LogP contribution in [0.15, 0.2) is 30.6 Å². The number of rotatable bonds is 3. The highest BCUT2D eigenvalue weighted by molar-refractivity contribution is 14.1. The molecule has 4 nitrogen and oxygen atoms in total. The number of ether oxygens (including phenoxy) is 1. The van der Waals surface area contributed by atoms with Gasteiger partial charge in [0.15, 0.2) is 0 Å². The monoisotopic (exact) mass is 345 g/mol. The Kier molecular flexibility index (Phi) is 3.85. The van der Waals surface area contributed by atoms with E-state index in [0.29, 0.717) is 11.3 Å². The molecule has 1 aromatic carbocycles. The predicted molar refractivity (Wildman–Crippen MR) is 69.1 cm³/mol. The summed E-state index contributed by atoms with van der Waals surface area (Å²) in [5, 5.41) is 0. The number of nitrogens with zero attached hydrogens (tertiary/aromatic N) is 2. The summed E-state index contributed by atoms with van der Waals surface area (Å²) in [6.07, 6.45) is 3.23. The largest absolute Gasteiger partial charge is 0.424 e. The van der Waals surface area contributed by atoms with Gasteiger partial charge in [-0.05, 0) is 34.7 Å². The second-order valence-electron chi connectivity index (χ2n) is 3.21. The maximum Gasteiger partial charge on any atom is 0.321 e. The minimum Gasteiger partial charge on any atom is -0.424 e. The van der Waals surface area contributed by atoms with E-state index in [1.54, 1.807) is 24.5 Å². The molecule has 2 N–H and O–H groups in total. The molecule has 0 aliphatic carbocycles.